The zero-order chi connectivity index (χ0) is 12.5. The number of para-hydroxylation sites is 1. The normalized spacial score (nSPS) is 17.3. The average Bonchev–Trinajstić information content (AvgIpc) is 2.82. The third-order valence-electron chi connectivity index (χ3n) is 3.27. The van der Waals surface area contributed by atoms with Crippen LogP contribution in [-0.2, 0) is 6.42 Å². The summed E-state index contributed by atoms with van der Waals surface area (Å²) in [6.07, 6.45) is 0.955. The van der Waals surface area contributed by atoms with E-state index in [1.807, 2.05) is 24.3 Å². The van der Waals surface area contributed by atoms with Crippen molar-refractivity contribution in [3.8, 4) is 22.6 Å². The Bertz CT molecular complexity index is 563. The van der Waals surface area contributed by atoms with Crippen LogP contribution in [0.5, 0.6) is 11.5 Å². The summed E-state index contributed by atoms with van der Waals surface area (Å²) in [6, 6.07) is 13.3. The van der Waals surface area contributed by atoms with Crippen molar-refractivity contribution in [3.05, 3.63) is 48.0 Å². The lowest BCUT2D eigenvalue weighted by Gasteiger charge is -2.10. The second-order valence-electron chi connectivity index (χ2n) is 4.52. The van der Waals surface area contributed by atoms with Crippen LogP contribution in [-0.4, -0.2) is 17.8 Å². The molecule has 1 aliphatic heterocycles. The summed E-state index contributed by atoms with van der Waals surface area (Å²) in [5.74, 6) is 1.20. The van der Waals surface area contributed by atoms with Gasteiger partial charge in [-0.3, -0.25) is 0 Å². The van der Waals surface area contributed by atoms with E-state index in [4.69, 9.17) is 10.5 Å². The van der Waals surface area contributed by atoms with Crippen molar-refractivity contribution in [2.45, 2.75) is 12.5 Å². The van der Waals surface area contributed by atoms with E-state index in [9.17, 15) is 5.11 Å². The maximum absolute atomic E-state index is 9.33. The SMILES string of the molecule is NC[C@H]1Cc2cccc(-c3ccc(O)cc3)c2O1. The highest BCUT2D eigenvalue weighted by atomic mass is 16.5. The molecule has 1 atom stereocenters. The number of ether oxygens (including phenoxy) is 1. The van der Waals surface area contributed by atoms with E-state index in [2.05, 4.69) is 6.07 Å². The minimum absolute atomic E-state index is 0.0817. The predicted molar refractivity (Wildman–Crippen MR) is 70.7 cm³/mol. The molecule has 0 amide bonds. The van der Waals surface area contributed by atoms with Gasteiger partial charge in [0.1, 0.15) is 17.6 Å². The summed E-state index contributed by atoms with van der Waals surface area (Å²) in [6.45, 7) is 0.531. The van der Waals surface area contributed by atoms with Crippen LogP contribution >= 0.6 is 0 Å². The standard InChI is InChI=1S/C15H15NO2/c16-9-13-8-11-2-1-3-14(15(11)18-13)10-4-6-12(17)7-5-10/h1-7,13,17H,8-9,16H2/t13-/m1/s1. The van der Waals surface area contributed by atoms with Crippen molar-refractivity contribution in [2.75, 3.05) is 6.54 Å². The van der Waals surface area contributed by atoms with Gasteiger partial charge in [-0.2, -0.15) is 0 Å². The summed E-state index contributed by atoms with van der Waals surface area (Å²) >= 11 is 0. The van der Waals surface area contributed by atoms with Gasteiger partial charge in [-0.15, -0.1) is 0 Å². The lowest BCUT2D eigenvalue weighted by atomic mass is 10.0. The smallest absolute Gasteiger partial charge is 0.130 e. The van der Waals surface area contributed by atoms with Crippen molar-refractivity contribution in [2.24, 2.45) is 5.73 Å². The molecule has 0 radical (unpaired) electrons. The molecule has 1 aliphatic rings. The number of benzene rings is 2. The average molecular weight is 241 g/mol. The number of hydrogen-bond acceptors (Lipinski definition) is 3. The van der Waals surface area contributed by atoms with Crippen molar-refractivity contribution < 1.29 is 9.84 Å². The monoisotopic (exact) mass is 241 g/mol. The van der Waals surface area contributed by atoms with Gasteiger partial charge in [-0.25, -0.2) is 0 Å². The fraction of sp³-hybridized carbons (Fsp3) is 0.200. The van der Waals surface area contributed by atoms with Crippen molar-refractivity contribution >= 4 is 0 Å². The number of hydrogen-bond donors (Lipinski definition) is 2. The molecule has 3 nitrogen and oxygen atoms in total. The third kappa shape index (κ3) is 1.83. The molecule has 0 saturated carbocycles. The number of fused-ring (bicyclic) bond motifs is 1. The first-order valence-corrected chi connectivity index (χ1v) is 6.06. The minimum Gasteiger partial charge on any atom is -0.508 e. The van der Waals surface area contributed by atoms with Crippen molar-refractivity contribution in [1.29, 1.82) is 0 Å². The van der Waals surface area contributed by atoms with Crippen LogP contribution in [0.2, 0.25) is 0 Å². The Hall–Kier alpha value is -2.00. The van der Waals surface area contributed by atoms with E-state index in [1.54, 1.807) is 12.1 Å². The van der Waals surface area contributed by atoms with Crippen LogP contribution in [0, 0.1) is 0 Å². The largest absolute Gasteiger partial charge is 0.508 e. The number of phenolic OH excluding ortho intramolecular Hbond substituents is 1. The van der Waals surface area contributed by atoms with Crippen LogP contribution in [0.3, 0.4) is 0 Å². The van der Waals surface area contributed by atoms with Crippen LogP contribution in [0.4, 0.5) is 0 Å². The first kappa shape index (κ1) is 11.1. The van der Waals surface area contributed by atoms with Crippen LogP contribution in [0.15, 0.2) is 42.5 Å². The highest BCUT2D eigenvalue weighted by Gasteiger charge is 2.24. The van der Waals surface area contributed by atoms with Gasteiger partial charge in [0.25, 0.3) is 0 Å². The molecule has 0 fully saturated rings. The molecule has 2 aromatic rings. The lowest BCUT2D eigenvalue weighted by molar-refractivity contribution is 0.242. The Morgan fingerprint density at radius 1 is 1.17 bits per heavy atom. The zero-order valence-corrected chi connectivity index (χ0v) is 9.97. The van der Waals surface area contributed by atoms with Gasteiger partial charge in [0, 0.05) is 18.5 Å². The summed E-state index contributed by atoms with van der Waals surface area (Å²) in [7, 11) is 0. The van der Waals surface area contributed by atoms with Gasteiger partial charge >= 0.3 is 0 Å². The van der Waals surface area contributed by atoms with Crippen LogP contribution < -0.4 is 10.5 Å². The summed E-state index contributed by atoms with van der Waals surface area (Å²) in [4.78, 5) is 0. The third-order valence-corrected chi connectivity index (χ3v) is 3.27. The van der Waals surface area contributed by atoms with E-state index in [1.165, 1.54) is 5.56 Å². The highest BCUT2D eigenvalue weighted by Crippen LogP contribution is 2.38. The highest BCUT2D eigenvalue weighted by molar-refractivity contribution is 5.73. The number of nitrogens with two attached hydrogens (primary N) is 1. The molecule has 3 N–H and O–H groups in total. The number of aromatic hydroxyl groups is 1. The molecule has 0 aliphatic carbocycles. The lowest BCUT2D eigenvalue weighted by Crippen LogP contribution is -2.24. The van der Waals surface area contributed by atoms with Gasteiger partial charge in [-0.1, -0.05) is 30.3 Å². The van der Waals surface area contributed by atoms with Gasteiger partial charge in [0.05, 0.1) is 0 Å². The first-order valence-electron chi connectivity index (χ1n) is 6.06. The Morgan fingerprint density at radius 3 is 2.67 bits per heavy atom. The molecule has 18 heavy (non-hydrogen) atoms. The Balaban J connectivity index is 2.05. The summed E-state index contributed by atoms with van der Waals surface area (Å²) in [5.41, 5.74) is 8.97. The second kappa shape index (κ2) is 4.35. The van der Waals surface area contributed by atoms with Crippen LogP contribution in [0.25, 0.3) is 11.1 Å². The predicted octanol–water partition coefficient (Wildman–Crippen LogP) is 2.32. The molecule has 0 spiro atoms. The Morgan fingerprint density at radius 2 is 1.94 bits per heavy atom. The Kier molecular flexibility index (Phi) is 2.68. The number of phenols is 1. The molecule has 3 heteroatoms. The Labute approximate surface area is 106 Å². The van der Waals surface area contributed by atoms with Gasteiger partial charge in [0.15, 0.2) is 0 Å². The fourth-order valence-electron chi connectivity index (χ4n) is 2.34. The van der Waals surface area contributed by atoms with E-state index in [0.717, 1.165) is 23.3 Å². The summed E-state index contributed by atoms with van der Waals surface area (Å²) < 4.78 is 5.88. The molecule has 2 aromatic carbocycles. The molecule has 0 unspecified atom stereocenters. The van der Waals surface area contributed by atoms with Crippen molar-refractivity contribution in [1.82, 2.24) is 0 Å². The van der Waals surface area contributed by atoms with E-state index >= 15 is 0 Å². The molecule has 0 bridgehead atoms. The number of rotatable bonds is 2. The molecule has 1 heterocycles. The van der Waals surface area contributed by atoms with Gasteiger partial charge in [0.2, 0.25) is 0 Å². The van der Waals surface area contributed by atoms with Gasteiger partial charge in [-0.05, 0) is 23.3 Å². The first-order chi connectivity index (χ1) is 8.78. The van der Waals surface area contributed by atoms with Gasteiger partial charge < -0.3 is 15.6 Å². The molecule has 0 saturated heterocycles. The quantitative estimate of drug-likeness (QED) is 0.848. The molecule has 0 aromatic heterocycles. The summed E-state index contributed by atoms with van der Waals surface area (Å²) in [5, 5.41) is 9.33. The fourth-order valence-corrected chi connectivity index (χ4v) is 2.34. The molecule has 3 rings (SSSR count). The van der Waals surface area contributed by atoms with E-state index in [-0.39, 0.29) is 11.9 Å². The molecule has 92 valence electrons. The maximum Gasteiger partial charge on any atom is 0.130 e. The maximum atomic E-state index is 9.33. The topological polar surface area (TPSA) is 55.5 Å². The van der Waals surface area contributed by atoms with Crippen LogP contribution in [0.1, 0.15) is 5.56 Å². The van der Waals surface area contributed by atoms with E-state index < -0.39 is 0 Å². The minimum atomic E-state index is 0.0817. The zero-order valence-electron chi connectivity index (χ0n) is 9.97. The van der Waals surface area contributed by atoms with E-state index in [0.29, 0.717) is 6.54 Å². The molecular formula is C15H15NO2. The second-order valence-corrected chi connectivity index (χ2v) is 4.52. The van der Waals surface area contributed by atoms with Crippen molar-refractivity contribution in [3.63, 3.8) is 0 Å². The molecular weight excluding hydrogens is 226 g/mol.